The summed E-state index contributed by atoms with van der Waals surface area (Å²) in [6.07, 6.45) is 0.607. The van der Waals surface area contributed by atoms with Gasteiger partial charge >= 0.3 is 18.0 Å². The highest BCUT2D eigenvalue weighted by molar-refractivity contribution is 6.23. The molecule has 1 aliphatic rings. The zero-order valence-electron chi connectivity index (χ0n) is 28.9. The first-order valence-electron chi connectivity index (χ1n) is 17.1. The average Bonchev–Trinajstić information content (AvgIpc) is 3.75. The highest BCUT2D eigenvalue weighted by atomic mass is 16.7. The van der Waals surface area contributed by atoms with Gasteiger partial charge in [0.25, 0.3) is 0 Å². The number of nitrogens with zero attached hydrogens (tertiary/aromatic N) is 5. The fraction of sp³-hybridized carbons (Fsp3) is 0.250. The largest absolute Gasteiger partial charge is 0.458 e. The van der Waals surface area contributed by atoms with E-state index < -0.39 is 35.2 Å². The van der Waals surface area contributed by atoms with Gasteiger partial charge in [0, 0.05) is 19.2 Å². The van der Waals surface area contributed by atoms with Gasteiger partial charge in [0.15, 0.2) is 0 Å². The van der Waals surface area contributed by atoms with Crippen LogP contribution in [0.5, 0.6) is 0 Å². The summed E-state index contributed by atoms with van der Waals surface area (Å²) >= 11 is 0. The third kappa shape index (κ3) is 6.11. The van der Waals surface area contributed by atoms with Gasteiger partial charge in [-0.15, -0.1) is 5.10 Å². The molecule has 1 amide bonds. The number of fused-ring (bicyclic) bond motifs is 1. The summed E-state index contributed by atoms with van der Waals surface area (Å²) in [6, 6.07) is 30.2. The number of pyridine rings is 1. The average molecular weight is 697 g/mol. The number of carbonyl (C=O) groups is 3. The SMILES string of the molecule is CC(C)(C)OC(=O)[C@@H]1C[C@@](NCc2ccc3ccc4cccc5ccc2c3c45)(C(=O)On2nnc3cccnc32)CN1C(=O)OCc1ccccc1. The molecule has 262 valence electrons. The molecule has 1 N–H and O–H groups in total. The number of benzene rings is 5. The Kier molecular flexibility index (Phi) is 8.18. The second-order valence-electron chi connectivity index (χ2n) is 14.1. The first-order chi connectivity index (χ1) is 25.1. The molecule has 0 aliphatic carbocycles. The van der Waals surface area contributed by atoms with Crippen LogP contribution in [0.4, 0.5) is 4.79 Å². The van der Waals surface area contributed by atoms with Crippen molar-refractivity contribution < 1.29 is 28.7 Å². The number of aromatic nitrogens is 4. The lowest BCUT2D eigenvalue weighted by atomic mass is 9.91. The summed E-state index contributed by atoms with van der Waals surface area (Å²) in [4.78, 5) is 54.5. The van der Waals surface area contributed by atoms with E-state index >= 15 is 0 Å². The van der Waals surface area contributed by atoms with E-state index in [1.165, 1.54) is 11.1 Å². The maximum atomic E-state index is 14.5. The fourth-order valence-corrected chi connectivity index (χ4v) is 7.02. The summed E-state index contributed by atoms with van der Waals surface area (Å²) in [5.41, 5.74) is -0.113. The number of rotatable bonds is 8. The molecule has 0 saturated carbocycles. The monoisotopic (exact) mass is 696 g/mol. The van der Waals surface area contributed by atoms with E-state index in [1.54, 1.807) is 32.9 Å². The smallest absolute Gasteiger partial charge is 0.410 e. The zero-order valence-corrected chi connectivity index (χ0v) is 28.9. The molecule has 1 saturated heterocycles. The second kappa shape index (κ2) is 12.9. The summed E-state index contributed by atoms with van der Waals surface area (Å²) in [7, 11) is 0. The number of nitrogens with one attached hydrogen (secondary N) is 1. The first-order valence-corrected chi connectivity index (χ1v) is 17.1. The lowest BCUT2D eigenvalue weighted by molar-refractivity contribution is -0.160. The molecule has 0 bridgehead atoms. The summed E-state index contributed by atoms with van der Waals surface area (Å²) in [6.45, 7) is 5.15. The van der Waals surface area contributed by atoms with E-state index in [0.29, 0.717) is 5.52 Å². The molecular weight excluding hydrogens is 660 g/mol. The number of ether oxygens (including phenoxy) is 2. The number of hydrogen-bond donors (Lipinski definition) is 1. The first kappa shape index (κ1) is 33.0. The molecule has 12 heteroatoms. The van der Waals surface area contributed by atoms with Gasteiger partial charge in [-0.1, -0.05) is 84.9 Å². The van der Waals surface area contributed by atoms with Crippen molar-refractivity contribution in [3.8, 4) is 0 Å². The quantitative estimate of drug-likeness (QED) is 0.115. The normalized spacial score (nSPS) is 17.7. The van der Waals surface area contributed by atoms with Gasteiger partial charge in [0.05, 0.1) is 6.54 Å². The summed E-state index contributed by atoms with van der Waals surface area (Å²) in [5, 5.41) is 18.2. The molecule has 3 heterocycles. The predicted octanol–water partition coefficient (Wildman–Crippen LogP) is 5.96. The lowest BCUT2D eigenvalue weighted by Gasteiger charge is -2.28. The molecule has 0 radical (unpaired) electrons. The number of amides is 1. The number of likely N-dealkylation sites (tertiary alicyclic amines) is 1. The Morgan fingerprint density at radius 3 is 2.37 bits per heavy atom. The van der Waals surface area contributed by atoms with Gasteiger partial charge in [-0.05, 0) is 86.4 Å². The van der Waals surface area contributed by atoms with Crippen LogP contribution < -0.4 is 10.2 Å². The predicted molar refractivity (Wildman–Crippen MR) is 194 cm³/mol. The Morgan fingerprint density at radius 2 is 1.60 bits per heavy atom. The van der Waals surface area contributed by atoms with Crippen molar-refractivity contribution in [2.75, 3.05) is 6.54 Å². The third-order valence-corrected chi connectivity index (χ3v) is 9.45. The molecule has 12 nitrogen and oxygen atoms in total. The molecule has 7 aromatic rings. The van der Waals surface area contributed by atoms with Crippen molar-refractivity contribution in [1.29, 1.82) is 0 Å². The minimum atomic E-state index is -1.61. The van der Waals surface area contributed by atoms with Gasteiger partial charge in [0.2, 0.25) is 5.65 Å². The van der Waals surface area contributed by atoms with Crippen molar-refractivity contribution in [2.24, 2.45) is 0 Å². The Bertz CT molecular complexity index is 2440. The molecule has 1 aliphatic heterocycles. The molecule has 52 heavy (non-hydrogen) atoms. The lowest BCUT2D eigenvalue weighted by Crippen LogP contribution is -2.57. The molecule has 2 atom stereocenters. The van der Waals surface area contributed by atoms with Gasteiger partial charge in [-0.3, -0.25) is 10.2 Å². The van der Waals surface area contributed by atoms with Crippen LogP contribution in [0.15, 0.2) is 103 Å². The Morgan fingerprint density at radius 1 is 0.865 bits per heavy atom. The van der Waals surface area contributed by atoms with Crippen molar-refractivity contribution in [2.45, 2.75) is 57.5 Å². The van der Waals surface area contributed by atoms with Crippen LogP contribution in [-0.2, 0) is 32.2 Å². The van der Waals surface area contributed by atoms with Crippen LogP contribution >= 0.6 is 0 Å². The van der Waals surface area contributed by atoms with Gasteiger partial charge in [0.1, 0.15) is 29.3 Å². The highest BCUT2D eigenvalue weighted by Gasteiger charge is 2.56. The number of esters is 1. The topological polar surface area (TPSA) is 138 Å². The molecule has 1 fully saturated rings. The van der Waals surface area contributed by atoms with Crippen LogP contribution in [0.1, 0.15) is 38.3 Å². The molecule has 0 spiro atoms. The van der Waals surface area contributed by atoms with Gasteiger partial charge < -0.3 is 14.3 Å². The van der Waals surface area contributed by atoms with Crippen LogP contribution in [0.2, 0.25) is 0 Å². The van der Waals surface area contributed by atoms with E-state index in [0.717, 1.165) is 48.3 Å². The number of hydrogen-bond acceptors (Lipinski definition) is 10. The van der Waals surface area contributed by atoms with Crippen molar-refractivity contribution >= 4 is 61.5 Å². The van der Waals surface area contributed by atoms with E-state index in [1.807, 2.05) is 42.5 Å². The van der Waals surface area contributed by atoms with Gasteiger partial charge in [-0.2, -0.15) is 0 Å². The highest BCUT2D eigenvalue weighted by Crippen LogP contribution is 2.37. The van der Waals surface area contributed by atoms with Crippen LogP contribution in [0, 0.1) is 0 Å². The van der Waals surface area contributed by atoms with E-state index in [2.05, 4.69) is 63.1 Å². The van der Waals surface area contributed by atoms with E-state index in [-0.39, 0.29) is 31.8 Å². The van der Waals surface area contributed by atoms with Gasteiger partial charge in [-0.25, -0.2) is 19.4 Å². The maximum absolute atomic E-state index is 14.5. The minimum absolute atomic E-state index is 0.0264. The van der Waals surface area contributed by atoms with E-state index in [9.17, 15) is 14.4 Å². The molecule has 2 aromatic heterocycles. The standard InChI is InChI=1S/C40H36N6O6/c1-39(2,3)51-36(47)32-21-40(24-45(32)38(49)50-23-25-9-5-4-6-10-25,37(48)52-46-35-31(43-44-46)13-8-20-41-35)42-22-29-17-16-28-15-14-26-11-7-12-27-18-19-30(29)34(28)33(26)27/h4-20,32,42H,21-24H2,1-3H3/t32-,40-/m0/s1. The molecular formula is C40H36N6O6. The van der Waals surface area contributed by atoms with Crippen LogP contribution in [0.3, 0.4) is 0 Å². The Balaban J connectivity index is 1.17. The molecule has 5 aromatic carbocycles. The Hall–Kier alpha value is -6.14. The maximum Gasteiger partial charge on any atom is 0.410 e. The van der Waals surface area contributed by atoms with Crippen LogP contribution in [0.25, 0.3) is 43.5 Å². The van der Waals surface area contributed by atoms with Crippen molar-refractivity contribution in [3.63, 3.8) is 0 Å². The van der Waals surface area contributed by atoms with Crippen LogP contribution in [-0.4, -0.2) is 66.8 Å². The molecule has 0 unspecified atom stereocenters. The zero-order chi connectivity index (χ0) is 36.0. The minimum Gasteiger partial charge on any atom is -0.458 e. The molecule has 8 rings (SSSR count). The summed E-state index contributed by atoms with van der Waals surface area (Å²) < 4.78 is 11.5. The second-order valence-corrected chi connectivity index (χ2v) is 14.1. The number of carbonyl (C=O) groups excluding carboxylic acids is 3. The van der Waals surface area contributed by atoms with Crippen molar-refractivity contribution in [1.82, 2.24) is 30.4 Å². The summed E-state index contributed by atoms with van der Waals surface area (Å²) in [5.74, 6) is -1.45. The van der Waals surface area contributed by atoms with E-state index in [4.69, 9.17) is 14.3 Å². The van der Waals surface area contributed by atoms with Crippen molar-refractivity contribution in [3.05, 3.63) is 114 Å². The Labute approximate surface area is 298 Å². The fourth-order valence-electron chi connectivity index (χ4n) is 7.02. The third-order valence-electron chi connectivity index (χ3n) is 9.45.